The molecule has 0 aromatic heterocycles. The maximum atomic E-state index is 14.1. The second-order valence-electron chi connectivity index (χ2n) is 11.6. The number of hydrogen-bond acceptors (Lipinski definition) is 8. The molecule has 4 aromatic carbocycles. The molecule has 4 amide bonds. The minimum atomic E-state index is -0.983. The van der Waals surface area contributed by atoms with Crippen LogP contribution in [0.1, 0.15) is 16.7 Å². The lowest BCUT2D eigenvalue weighted by molar-refractivity contribution is -0.157. The molecule has 0 aliphatic carbocycles. The van der Waals surface area contributed by atoms with Gasteiger partial charge in [0, 0.05) is 41.5 Å². The zero-order valence-electron chi connectivity index (χ0n) is 29.2. The molecule has 0 unspecified atom stereocenters. The topological polar surface area (TPSA) is 206 Å². The fourth-order valence-electron chi connectivity index (χ4n) is 5.44. The first-order valence-corrected chi connectivity index (χ1v) is 17.0. The van der Waals surface area contributed by atoms with E-state index in [-0.39, 0.29) is 72.6 Å². The van der Waals surface area contributed by atoms with Crippen molar-refractivity contribution in [2.45, 2.75) is 36.6 Å². The first-order chi connectivity index (χ1) is 24.6. The van der Waals surface area contributed by atoms with Crippen molar-refractivity contribution in [3.8, 4) is 17.2 Å². The highest BCUT2D eigenvalue weighted by molar-refractivity contribution is 7.80. The molecule has 53 heavy (non-hydrogen) atoms. The molecule has 1 heterocycles. The Morgan fingerprint density at radius 3 is 2.26 bits per heavy atom. The van der Waals surface area contributed by atoms with Gasteiger partial charge in [0.05, 0.1) is 20.2 Å². The molecule has 1 fully saturated rings. The second-order valence-corrected chi connectivity index (χ2v) is 12.6. The maximum Gasteiger partial charge on any atom is 0.316 e. The SMILES string of the molecule is C=CCNCC(=O)N1[C@@H](NC(=O)NCc2ccccc2)CN(Cc2cccc(OC)c2O)C(=O)[C@@H]1Cc1ccc(O)cc1.O.O.Sc1ccc(Cl)cc1. The summed E-state index contributed by atoms with van der Waals surface area (Å²) in [7, 11) is 1.44. The number of halogens is 1. The number of methoxy groups -OCH3 is 1. The van der Waals surface area contributed by atoms with Crippen LogP contribution in [0, 0.1) is 0 Å². The summed E-state index contributed by atoms with van der Waals surface area (Å²) in [6.45, 7) is 4.24. The monoisotopic (exact) mass is 767 g/mol. The van der Waals surface area contributed by atoms with Gasteiger partial charge in [0.25, 0.3) is 0 Å². The van der Waals surface area contributed by atoms with Crippen LogP contribution >= 0.6 is 24.2 Å². The lowest BCUT2D eigenvalue weighted by Gasteiger charge is -2.46. The van der Waals surface area contributed by atoms with E-state index in [0.717, 1.165) is 15.5 Å². The molecule has 0 radical (unpaired) electrons. The van der Waals surface area contributed by atoms with Gasteiger partial charge >= 0.3 is 6.03 Å². The molecule has 284 valence electrons. The van der Waals surface area contributed by atoms with Gasteiger partial charge in [0.1, 0.15) is 18.0 Å². The number of hydrogen-bond donors (Lipinski definition) is 6. The molecule has 13 nitrogen and oxygen atoms in total. The van der Waals surface area contributed by atoms with Crippen LogP contribution in [0.5, 0.6) is 17.2 Å². The number of ether oxygens (including phenoxy) is 1. The number of phenols is 2. The number of amides is 4. The lowest BCUT2D eigenvalue weighted by Crippen LogP contribution is -2.69. The van der Waals surface area contributed by atoms with Crippen LogP contribution in [0.3, 0.4) is 0 Å². The van der Waals surface area contributed by atoms with E-state index in [1.165, 1.54) is 29.0 Å². The Morgan fingerprint density at radius 2 is 1.64 bits per heavy atom. The first kappa shape index (κ1) is 43.9. The van der Waals surface area contributed by atoms with E-state index >= 15 is 0 Å². The number of rotatable bonds is 12. The summed E-state index contributed by atoms with van der Waals surface area (Å²) >= 11 is 9.65. The summed E-state index contributed by atoms with van der Waals surface area (Å²) in [5, 5.41) is 30.0. The standard InChI is InChI=1S/C32H37N5O6.C6H5ClS.2H2O/c1-3-16-33-19-29(39)37-26(17-22-12-14-25(38)15-13-22)31(41)36(20-24-10-7-11-27(43-2)30(24)40)21-28(37)35-32(42)34-18-23-8-5-4-6-9-23;7-5-1-3-6(8)4-2-5;;/h3-15,26,28,33,38,40H,1,16-21H2,2H3,(H2,34,35,42);1-4,8H;2*1H2/t26-,28+;;;/m0.../s1. The molecule has 5 rings (SSSR count). The molecule has 9 N–H and O–H groups in total. The van der Waals surface area contributed by atoms with Gasteiger partial charge in [-0.1, -0.05) is 72.3 Å². The Kier molecular flexibility index (Phi) is 18.2. The van der Waals surface area contributed by atoms with Crippen LogP contribution in [0.15, 0.2) is 115 Å². The van der Waals surface area contributed by atoms with Crippen molar-refractivity contribution in [2.24, 2.45) is 0 Å². The molecule has 0 saturated carbocycles. The number of carbonyl (C=O) groups is 3. The zero-order chi connectivity index (χ0) is 36.8. The van der Waals surface area contributed by atoms with Gasteiger partial charge in [-0.25, -0.2) is 4.79 Å². The van der Waals surface area contributed by atoms with Crippen molar-refractivity contribution < 1.29 is 40.3 Å². The van der Waals surface area contributed by atoms with Crippen molar-refractivity contribution in [3.63, 3.8) is 0 Å². The minimum absolute atomic E-state index is 0. The molecule has 0 spiro atoms. The number of aromatic hydroxyl groups is 2. The summed E-state index contributed by atoms with van der Waals surface area (Å²) in [4.78, 5) is 44.7. The maximum absolute atomic E-state index is 14.1. The fourth-order valence-corrected chi connectivity index (χ4v) is 5.71. The number of carbonyl (C=O) groups excluding carboxylic acids is 3. The predicted octanol–water partition coefficient (Wildman–Crippen LogP) is 3.47. The van der Waals surface area contributed by atoms with Gasteiger partial charge in [-0.05, 0) is 53.6 Å². The van der Waals surface area contributed by atoms with Gasteiger partial charge in [-0.2, -0.15) is 0 Å². The Hall–Kier alpha value is -5.25. The van der Waals surface area contributed by atoms with Crippen molar-refractivity contribution in [1.29, 1.82) is 0 Å². The number of nitrogens with one attached hydrogen (secondary N) is 3. The van der Waals surface area contributed by atoms with Crippen LogP contribution in [-0.2, 0) is 29.1 Å². The molecular formula is C38H46ClN5O8S. The van der Waals surface area contributed by atoms with Crippen molar-refractivity contribution in [3.05, 3.63) is 131 Å². The molecule has 1 saturated heterocycles. The van der Waals surface area contributed by atoms with Gasteiger partial charge in [-0.3, -0.25) is 9.59 Å². The number of nitrogens with zero attached hydrogens (tertiary/aromatic N) is 2. The Balaban J connectivity index is 0.000000860. The molecule has 1 aliphatic heterocycles. The molecule has 2 atom stereocenters. The lowest BCUT2D eigenvalue weighted by atomic mass is 9.99. The third kappa shape index (κ3) is 13.0. The first-order valence-electron chi connectivity index (χ1n) is 16.2. The molecular weight excluding hydrogens is 722 g/mol. The average Bonchev–Trinajstić information content (AvgIpc) is 3.13. The summed E-state index contributed by atoms with van der Waals surface area (Å²) < 4.78 is 5.24. The van der Waals surface area contributed by atoms with Crippen molar-refractivity contribution in [1.82, 2.24) is 25.8 Å². The van der Waals surface area contributed by atoms with Gasteiger partial charge < -0.3 is 51.7 Å². The summed E-state index contributed by atoms with van der Waals surface area (Å²) in [6, 6.07) is 26.6. The molecule has 4 aromatic rings. The van der Waals surface area contributed by atoms with Gasteiger partial charge in [-0.15, -0.1) is 19.2 Å². The number of benzene rings is 4. The third-order valence-corrected chi connectivity index (χ3v) is 8.51. The van der Waals surface area contributed by atoms with Gasteiger partial charge in [0.2, 0.25) is 11.8 Å². The predicted molar refractivity (Wildman–Crippen MR) is 207 cm³/mol. The highest BCUT2D eigenvalue weighted by Gasteiger charge is 2.43. The summed E-state index contributed by atoms with van der Waals surface area (Å²) in [5.41, 5.74) is 2.07. The van der Waals surface area contributed by atoms with E-state index in [2.05, 4.69) is 35.2 Å². The Morgan fingerprint density at radius 1 is 0.962 bits per heavy atom. The molecule has 1 aliphatic rings. The number of para-hydroxylation sites is 1. The summed E-state index contributed by atoms with van der Waals surface area (Å²) in [6.07, 6.45) is 0.871. The van der Waals surface area contributed by atoms with Crippen LogP contribution in [0.2, 0.25) is 5.02 Å². The minimum Gasteiger partial charge on any atom is -0.508 e. The van der Waals surface area contributed by atoms with Crippen LogP contribution < -0.4 is 20.7 Å². The van der Waals surface area contributed by atoms with E-state index in [1.54, 1.807) is 36.4 Å². The van der Waals surface area contributed by atoms with Crippen molar-refractivity contribution >= 4 is 42.1 Å². The third-order valence-electron chi connectivity index (χ3n) is 7.96. The fraction of sp³-hybridized carbons (Fsp3) is 0.237. The van der Waals surface area contributed by atoms with E-state index < -0.39 is 18.2 Å². The summed E-state index contributed by atoms with van der Waals surface area (Å²) in [5.74, 6) is -0.482. The number of thiol groups is 1. The zero-order valence-corrected chi connectivity index (χ0v) is 30.8. The van der Waals surface area contributed by atoms with E-state index in [1.807, 2.05) is 54.6 Å². The smallest absolute Gasteiger partial charge is 0.316 e. The van der Waals surface area contributed by atoms with Crippen LogP contribution in [-0.4, -0.2) is 87.8 Å². The molecule has 15 heteroatoms. The van der Waals surface area contributed by atoms with E-state index in [9.17, 15) is 24.6 Å². The van der Waals surface area contributed by atoms with Gasteiger partial charge in [0.15, 0.2) is 11.5 Å². The van der Waals surface area contributed by atoms with E-state index in [4.69, 9.17) is 16.3 Å². The molecule has 0 bridgehead atoms. The van der Waals surface area contributed by atoms with E-state index in [0.29, 0.717) is 17.7 Å². The normalized spacial score (nSPS) is 14.7. The Bertz CT molecular complexity index is 1750. The average molecular weight is 768 g/mol. The Labute approximate surface area is 319 Å². The number of phenolic OH excluding ortho intramolecular Hbond substituents is 2. The number of urea groups is 1. The highest BCUT2D eigenvalue weighted by Crippen LogP contribution is 2.32. The number of piperazine rings is 1. The van der Waals surface area contributed by atoms with Crippen LogP contribution in [0.4, 0.5) is 4.79 Å². The largest absolute Gasteiger partial charge is 0.508 e. The van der Waals surface area contributed by atoms with Crippen molar-refractivity contribution in [2.75, 3.05) is 26.7 Å². The highest BCUT2D eigenvalue weighted by atomic mass is 35.5. The van der Waals surface area contributed by atoms with Crippen LogP contribution in [0.25, 0.3) is 0 Å². The second kappa shape index (κ2) is 22.0. The quantitative estimate of drug-likeness (QED) is 0.0719.